The van der Waals surface area contributed by atoms with E-state index in [1.54, 1.807) is 7.11 Å². The molecule has 1 fully saturated rings. The SMILES string of the molecule is COC1OC(COCc2ccccc2)CC(OCc2ccccc2)C1OCc1ccccc1. The molecule has 0 aliphatic carbocycles. The number of methoxy groups -OCH3 is 1. The molecule has 0 saturated carbocycles. The molecular weight excluding hydrogens is 416 g/mol. The van der Waals surface area contributed by atoms with Gasteiger partial charge in [0.2, 0.25) is 0 Å². The molecule has 1 heterocycles. The smallest absolute Gasteiger partial charge is 0.186 e. The van der Waals surface area contributed by atoms with Crippen molar-refractivity contribution in [1.82, 2.24) is 0 Å². The van der Waals surface area contributed by atoms with Gasteiger partial charge in [0, 0.05) is 13.5 Å². The van der Waals surface area contributed by atoms with Crippen molar-refractivity contribution in [2.75, 3.05) is 13.7 Å². The Labute approximate surface area is 196 Å². The van der Waals surface area contributed by atoms with Crippen LogP contribution in [0.1, 0.15) is 23.1 Å². The average molecular weight is 449 g/mol. The topological polar surface area (TPSA) is 46.2 Å². The standard InChI is InChI=1S/C28H32O5/c1-29-28-27(32-20-24-15-9-4-10-16-24)26(31-19-23-13-7-3-8-14-23)17-25(33-28)21-30-18-22-11-5-2-6-12-22/h2-16,25-28H,17-21H2,1H3. The molecule has 4 rings (SSSR count). The molecule has 5 nitrogen and oxygen atoms in total. The molecule has 4 unspecified atom stereocenters. The Balaban J connectivity index is 1.39. The normalized spacial score (nSPS) is 22.8. The molecule has 0 amide bonds. The molecule has 0 bridgehead atoms. The van der Waals surface area contributed by atoms with Crippen LogP contribution in [0.3, 0.4) is 0 Å². The molecule has 1 aliphatic heterocycles. The first-order chi connectivity index (χ1) is 16.3. The molecular formula is C28H32O5. The molecule has 3 aromatic carbocycles. The summed E-state index contributed by atoms with van der Waals surface area (Å²) in [5.74, 6) is 0. The van der Waals surface area contributed by atoms with Crippen molar-refractivity contribution in [1.29, 1.82) is 0 Å². The Hall–Kier alpha value is -2.54. The Morgan fingerprint density at radius 3 is 1.76 bits per heavy atom. The van der Waals surface area contributed by atoms with Crippen LogP contribution in [0.25, 0.3) is 0 Å². The Kier molecular flexibility index (Phi) is 9.04. The van der Waals surface area contributed by atoms with Crippen LogP contribution in [0.2, 0.25) is 0 Å². The van der Waals surface area contributed by atoms with Crippen molar-refractivity contribution in [2.24, 2.45) is 0 Å². The van der Waals surface area contributed by atoms with Crippen molar-refractivity contribution in [3.8, 4) is 0 Å². The zero-order valence-corrected chi connectivity index (χ0v) is 19.0. The van der Waals surface area contributed by atoms with Gasteiger partial charge in [0.1, 0.15) is 6.10 Å². The first-order valence-electron chi connectivity index (χ1n) is 11.4. The van der Waals surface area contributed by atoms with E-state index in [0.29, 0.717) is 32.8 Å². The van der Waals surface area contributed by atoms with E-state index in [2.05, 4.69) is 24.3 Å². The molecule has 4 atom stereocenters. The lowest BCUT2D eigenvalue weighted by Gasteiger charge is -2.40. The molecule has 3 aromatic rings. The summed E-state index contributed by atoms with van der Waals surface area (Å²) < 4.78 is 30.5. The maximum Gasteiger partial charge on any atom is 0.186 e. The molecule has 5 heteroatoms. The highest BCUT2D eigenvalue weighted by atomic mass is 16.7. The fourth-order valence-electron chi connectivity index (χ4n) is 3.96. The van der Waals surface area contributed by atoms with E-state index in [-0.39, 0.29) is 18.3 Å². The van der Waals surface area contributed by atoms with Crippen molar-refractivity contribution in [2.45, 2.75) is 50.8 Å². The summed E-state index contributed by atoms with van der Waals surface area (Å²) in [5, 5.41) is 0. The van der Waals surface area contributed by atoms with Crippen LogP contribution in [0.4, 0.5) is 0 Å². The summed E-state index contributed by atoms with van der Waals surface area (Å²) in [7, 11) is 1.64. The molecule has 0 spiro atoms. The van der Waals surface area contributed by atoms with Gasteiger partial charge >= 0.3 is 0 Å². The first kappa shape index (κ1) is 23.6. The number of benzene rings is 3. The van der Waals surface area contributed by atoms with Gasteiger partial charge < -0.3 is 23.7 Å². The largest absolute Gasteiger partial charge is 0.374 e. The third-order valence-corrected chi connectivity index (χ3v) is 5.70. The van der Waals surface area contributed by atoms with Crippen LogP contribution in [0.15, 0.2) is 91.0 Å². The highest BCUT2D eigenvalue weighted by Crippen LogP contribution is 2.28. The zero-order valence-electron chi connectivity index (χ0n) is 19.0. The Morgan fingerprint density at radius 1 is 0.697 bits per heavy atom. The lowest BCUT2D eigenvalue weighted by Crippen LogP contribution is -2.52. The van der Waals surface area contributed by atoms with Gasteiger partial charge in [-0.1, -0.05) is 91.0 Å². The zero-order chi connectivity index (χ0) is 22.7. The van der Waals surface area contributed by atoms with Gasteiger partial charge in [-0.15, -0.1) is 0 Å². The van der Waals surface area contributed by atoms with Crippen LogP contribution in [-0.4, -0.2) is 38.3 Å². The van der Waals surface area contributed by atoms with Crippen LogP contribution in [-0.2, 0) is 43.5 Å². The quantitative estimate of drug-likeness (QED) is 0.407. The van der Waals surface area contributed by atoms with Gasteiger partial charge in [-0.3, -0.25) is 0 Å². The predicted molar refractivity (Wildman–Crippen MR) is 126 cm³/mol. The maximum absolute atomic E-state index is 6.36. The van der Waals surface area contributed by atoms with Crippen molar-refractivity contribution < 1.29 is 23.7 Å². The maximum atomic E-state index is 6.36. The molecule has 174 valence electrons. The highest BCUT2D eigenvalue weighted by molar-refractivity contribution is 5.15. The summed E-state index contributed by atoms with van der Waals surface area (Å²) >= 11 is 0. The van der Waals surface area contributed by atoms with E-state index in [0.717, 1.165) is 16.7 Å². The predicted octanol–water partition coefficient (Wildman–Crippen LogP) is 5.14. The number of ether oxygens (including phenoxy) is 5. The Morgan fingerprint density at radius 2 is 1.21 bits per heavy atom. The van der Waals surface area contributed by atoms with E-state index in [9.17, 15) is 0 Å². The van der Waals surface area contributed by atoms with Gasteiger partial charge in [-0.05, 0) is 16.7 Å². The van der Waals surface area contributed by atoms with E-state index in [1.165, 1.54) is 0 Å². The van der Waals surface area contributed by atoms with Gasteiger partial charge in [0.25, 0.3) is 0 Å². The van der Waals surface area contributed by atoms with Crippen LogP contribution >= 0.6 is 0 Å². The summed E-state index contributed by atoms with van der Waals surface area (Å²) in [6, 6.07) is 30.4. The molecule has 33 heavy (non-hydrogen) atoms. The van der Waals surface area contributed by atoms with Crippen LogP contribution < -0.4 is 0 Å². The van der Waals surface area contributed by atoms with Gasteiger partial charge in [-0.2, -0.15) is 0 Å². The molecule has 0 aromatic heterocycles. The van der Waals surface area contributed by atoms with Crippen molar-refractivity contribution in [3.05, 3.63) is 108 Å². The van der Waals surface area contributed by atoms with Crippen molar-refractivity contribution in [3.63, 3.8) is 0 Å². The van der Waals surface area contributed by atoms with E-state index < -0.39 is 6.29 Å². The molecule has 1 aliphatic rings. The monoisotopic (exact) mass is 448 g/mol. The minimum absolute atomic E-state index is 0.143. The van der Waals surface area contributed by atoms with E-state index >= 15 is 0 Å². The number of rotatable bonds is 11. The second kappa shape index (κ2) is 12.6. The number of hydrogen-bond acceptors (Lipinski definition) is 5. The molecule has 0 N–H and O–H groups in total. The van der Waals surface area contributed by atoms with E-state index in [4.69, 9.17) is 23.7 Å². The number of hydrogen-bond donors (Lipinski definition) is 0. The third kappa shape index (κ3) is 7.22. The minimum Gasteiger partial charge on any atom is -0.374 e. The first-order valence-corrected chi connectivity index (χ1v) is 11.4. The average Bonchev–Trinajstić information content (AvgIpc) is 2.88. The second-order valence-corrected chi connectivity index (χ2v) is 8.19. The second-order valence-electron chi connectivity index (χ2n) is 8.19. The van der Waals surface area contributed by atoms with E-state index in [1.807, 2.05) is 66.7 Å². The summed E-state index contributed by atoms with van der Waals surface area (Å²) in [6.07, 6.45) is -0.534. The fraction of sp³-hybridized carbons (Fsp3) is 0.357. The molecule has 0 radical (unpaired) electrons. The van der Waals surface area contributed by atoms with Gasteiger partial charge in [0.15, 0.2) is 6.29 Å². The fourth-order valence-corrected chi connectivity index (χ4v) is 3.96. The van der Waals surface area contributed by atoms with Gasteiger partial charge in [0.05, 0.1) is 38.6 Å². The highest BCUT2D eigenvalue weighted by Gasteiger charge is 2.40. The third-order valence-electron chi connectivity index (χ3n) is 5.70. The summed E-state index contributed by atoms with van der Waals surface area (Å²) in [5.41, 5.74) is 3.36. The minimum atomic E-state index is -0.534. The summed E-state index contributed by atoms with van der Waals surface area (Å²) in [4.78, 5) is 0. The van der Waals surface area contributed by atoms with Crippen LogP contribution in [0, 0.1) is 0 Å². The summed E-state index contributed by atoms with van der Waals surface area (Å²) in [6.45, 7) is 1.98. The van der Waals surface area contributed by atoms with Crippen LogP contribution in [0.5, 0.6) is 0 Å². The Bertz CT molecular complexity index is 919. The lowest BCUT2D eigenvalue weighted by atomic mass is 10.0. The lowest BCUT2D eigenvalue weighted by molar-refractivity contribution is -0.286. The molecule has 1 saturated heterocycles. The van der Waals surface area contributed by atoms with Gasteiger partial charge in [-0.25, -0.2) is 0 Å². The van der Waals surface area contributed by atoms with Crippen molar-refractivity contribution >= 4 is 0 Å².